The van der Waals surface area contributed by atoms with Crippen LogP contribution in [-0.4, -0.2) is 23.8 Å². The highest BCUT2D eigenvalue weighted by atomic mass is 16.6. The number of rotatable bonds is 14. The predicted octanol–water partition coefficient (Wildman–Crippen LogP) is 5.86. The summed E-state index contributed by atoms with van der Waals surface area (Å²) in [6.07, 6.45) is 7.98. The van der Waals surface area contributed by atoms with Crippen LogP contribution >= 0.6 is 0 Å². The maximum absolute atomic E-state index is 13.4. The number of carbonyl (C=O) groups is 1. The van der Waals surface area contributed by atoms with Crippen molar-refractivity contribution in [1.29, 1.82) is 0 Å². The molecule has 172 valence electrons. The van der Waals surface area contributed by atoms with Crippen LogP contribution < -0.4 is 19.8 Å². The van der Waals surface area contributed by atoms with Crippen molar-refractivity contribution in [3.05, 3.63) is 28.6 Å². The Hall–Kier alpha value is -2.50. The molecule has 0 saturated heterocycles. The minimum atomic E-state index is -0.533. The van der Waals surface area contributed by atoms with Gasteiger partial charge in [0.05, 0.1) is 18.7 Å². The second-order valence-corrected chi connectivity index (χ2v) is 7.85. The number of fused-ring (bicyclic) bond motifs is 1. The Balaban J connectivity index is 2.58. The first-order valence-corrected chi connectivity index (χ1v) is 11.7. The van der Waals surface area contributed by atoms with Gasteiger partial charge in [-0.2, -0.15) is 0 Å². The van der Waals surface area contributed by atoms with Crippen LogP contribution in [0, 0.1) is 0 Å². The van der Waals surface area contributed by atoms with Gasteiger partial charge < -0.3 is 18.8 Å². The molecule has 0 fully saturated rings. The zero-order valence-corrected chi connectivity index (χ0v) is 19.5. The fraction of sp³-hybridized carbons (Fsp3) is 0.600. The quantitative estimate of drug-likeness (QED) is 0.277. The average Bonchev–Trinajstić information content (AvgIpc) is 2.75. The average molecular weight is 432 g/mol. The van der Waals surface area contributed by atoms with E-state index >= 15 is 0 Å². The Labute approximate surface area is 185 Å². The van der Waals surface area contributed by atoms with Gasteiger partial charge in [-0.15, -0.1) is 0 Å². The number of hydrogen-bond acceptors (Lipinski definition) is 5. The summed E-state index contributed by atoms with van der Waals surface area (Å²) < 4.78 is 18.9. The van der Waals surface area contributed by atoms with E-state index in [4.69, 9.17) is 14.2 Å². The summed E-state index contributed by atoms with van der Waals surface area (Å²) >= 11 is 0. The summed E-state index contributed by atoms with van der Waals surface area (Å²) in [5.74, 6) is 0.510. The van der Waals surface area contributed by atoms with Gasteiger partial charge in [0.2, 0.25) is 5.75 Å². The molecule has 0 unspecified atom stereocenters. The number of pyridine rings is 1. The van der Waals surface area contributed by atoms with Gasteiger partial charge in [0.1, 0.15) is 5.75 Å². The first-order valence-electron chi connectivity index (χ1n) is 11.7. The monoisotopic (exact) mass is 431 g/mol. The van der Waals surface area contributed by atoms with Crippen LogP contribution in [0.25, 0.3) is 10.9 Å². The summed E-state index contributed by atoms with van der Waals surface area (Å²) in [5.41, 5.74) is 0.411. The highest BCUT2D eigenvalue weighted by Gasteiger charge is 2.21. The number of unbranched alkanes of at least 4 members (excludes halogenated alkanes) is 5. The van der Waals surface area contributed by atoms with Gasteiger partial charge in [-0.05, 0) is 31.4 Å². The highest BCUT2D eigenvalue weighted by molar-refractivity contribution is 5.90. The van der Waals surface area contributed by atoms with Crippen molar-refractivity contribution in [3.8, 4) is 17.2 Å². The van der Waals surface area contributed by atoms with Gasteiger partial charge in [0.15, 0.2) is 5.75 Å². The number of aryl methyl sites for hydroxylation is 1. The van der Waals surface area contributed by atoms with E-state index < -0.39 is 5.97 Å². The van der Waals surface area contributed by atoms with E-state index in [0.717, 1.165) is 68.0 Å². The molecule has 6 heteroatoms. The number of esters is 1. The molecule has 2 rings (SSSR count). The van der Waals surface area contributed by atoms with Gasteiger partial charge >= 0.3 is 5.97 Å². The molecule has 1 aromatic heterocycles. The number of carbonyl (C=O) groups excluding carboxylic acids is 1. The smallest absolute Gasteiger partial charge is 0.308 e. The number of ether oxygens (including phenoxy) is 3. The molecule has 0 aliphatic rings. The number of nitrogens with zero attached hydrogens (tertiary/aromatic N) is 1. The fourth-order valence-electron chi connectivity index (χ4n) is 3.42. The first-order chi connectivity index (χ1) is 15.0. The highest BCUT2D eigenvalue weighted by Crippen LogP contribution is 2.35. The van der Waals surface area contributed by atoms with Crippen LogP contribution in [0.3, 0.4) is 0 Å². The third-order valence-electron chi connectivity index (χ3n) is 5.14. The summed E-state index contributed by atoms with van der Waals surface area (Å²) in [7, 11) is 0. The molecule has 0 saturated carbocycles. The summed E-state index contributed by atoms with van der Waals surface area (Å²) in [6, 6.07) is 5.68. The number of aromatic nitrogens is 1. The summed E-state index contributed by atoms with van der Waals surface area (Å²) in [6.45, 7) is 9.29. The van der Waals surface area contributed by atoms with E-state index in [1.807, 2.05) is 18.2 Å². The van der Waals surface area contributed by atoms with Gasteiger partial charge in [0, 0.05) is 24.9 Å². The van der Waals surface area contributed by atoms with Crippen molar-refractivity contribution in [2.45, 2.75) is 85.6 Å². The van der Waals surface area contributed by atoms with E-state index in [9.17, 15) is 9.59 Å². The lowest BCUT2D eigenvalue weighted by molar-refractivity contribution is -0.132. The lowest BCUT2D eigenvalue weighted by Crippen LogP contribution is -2.25. The SMILES string of the molecule is CCCCCCn1c(=O)c(OC(C)=O)c(OCCCC)c2ccc(OCCCC)cc21. The van der Waals surface area contributed by atoms with Crippen LogP contribution in [0.15, 0.2) is 23.0 Å². The summed E-state index contributed by atoms with van der Waals surface area (Å²) in [5, 5.41) is 0.755. The van der Waals surface area contributed by atoms with Crippen molar-refractivity contribution in [2.24, 2.45) is 0 Å². The number of benzene rings is 1. The largest absolute Gasteiger partial charge is 0.494 e. The van der Waals surface area contributed by atoms with Crippen molar-refractivity contribution in [2.75, 3.05) is 13.2 Å². The van der Waals surface area contributed by atoms with E-state index in [1.54, 1.807) is 4.57 Å². The van der Waals surface area contributed by atoms with E-state index in [0.29, 0.717) is 25.5 Å². The molecule has 6 nitrogen and oxygen atoms in total. The Morgan fingerprint density at radius 2 is 1.55 bits per heavy atom. The van der Waals surface area contributed by atoms with E-state index in [2.05, 4.69) is 20.8 Å². The van der Waals surface area contributed by atoms with Crippen molar-refractivity contribution >= 4 is 16.9 Å². The molecule has 1 heterocycles. The lowest BCUT2D eigenvalue weighted by Gasteiger charge is -2.18. The second-order valence-electron chi connectivity index (χ2n) is 7.85. The maximum Gasteiger partial charge on any atom is 0.308 e. The molecule has 0 aliphatic carbocycles. The minimum absolute atomic E-state index is 0.0220. The van der Waals surface area contributed by atoms with Crippen LogP contribution in [0.5, 0.6) is 17.2 Å². The molecule has 1 aromatic carbocycles. The van der Waals surface area contributed by atoms with Crippen LogP contribution in [-0.2, 0) is 11.3 Å². The fourth-order valence-corrected chi connectivity index (χ4v) is 3.42. The normalized spacial score (nSPS) is 11.0. The van der Waals surface area contributed by atoms with Crippen molar-refractivity contribution in [3.63, 3.8) is 0 Å². The second kappa shape index (κ2) is 13.0. The minimum Gasteiger partial charge on any atom is -0.494 e. The van der Waals surface area contributed by atoms with Crippen molar-refractivity contribution < 1.29 is 19.0 Å². The zero-order valence-electron chi connectivity index (χ0n) is 19.5. The van der Waals surface area contributed by atoms with Gasteiger partial charge in [0.25, 0.3) is 5.56 Å². The van der Waals surface area contributed by atoms with E-state index in [1.165, 1.54) is 6.92 Å². The van der Waals surface area contributed by atoms with Crippen LogP contribution in [0.1, 0.15) is 79.1 Å². The first kappa shape index (κ1) is 24.8. The molecule has 0 spiro atoms. The molecule has 0 amide bonds. The lowest BCUT2D eigenvalue weighted by atomic mass is 10.1. The Morgan fingerprint density at radius 1 is 0.871 bits per heavy atom. The maximum atomic E-state index is 13.4. The molecule has 2 aromatic rings. The van der Waals surface area contributed by atoms with Crippen LogP contribution in [0.4, 0.5) is 0 Å². The van der Waals surface area contributed by atoms with Gasteiger partial charge in [-0.1, -0.05) is 52.9 Å². The topological polar surface area (TPSA) is 66.8 Å². The van der Waals surface area contributed by atoms with Crippen molar-refractivity contribution in [1.82, 2.24) is 4.57 Å². The molecule has 0 N–H and O–H groups in total. The molecular formula is C25H37NO5. The zero-order chi connectivity index (χ0) is 22.6. The molecule has 0 aliphatic heterocycles. The molecule has 0 bridgehead atoms. The third-order valence-corrected chi connectivity index (χ3v) is 5.14. The molecule has 31 heavy (non-hydrogen) atoms. The predicted molar refractivity (Wildman–Crippen MR) is 124 cm³/mol. The Morgan fingerprint density at radius 3 is 2.19 bits per heavy atom. The van der Waals surface area contributed by atoms with Crippen LogP contribution in [0.2, 0.25) is 0 Å². The molecular weight excluding hydrogens is 394 g/mol. The standard InChI is InChI=1S/C25H37NO5/c1-5-8-11-12-15-26-22-18-20(29-16-9-6-2)13-14-21(22)23(30-17-10-7-3)24(25(26)28)31-19(4)27/h13-14,18H,5-12,15-17H2,1-4H3. The van der Waals surface area contributed by atoms with E-state index in [-0.39, 0.29) is 11.3 Å². The third kappa shape index (κ3) is 7.01. The molecule has 0 atom stereocenters. The number of hydrogen-bond donors (Lipinski definition) is 0. The van der Waals surface area contributed by atoms with Gasteiger partial charge in [-0.3, -0.25) is 9.59 Å². The Kier molecular flexibility index (Phi) is 10.4. The summed E-state index contributed by atoms with van der Waals surface area (Å²) in [4.78, 5) is 25.1. The molecule has 0 radical (unpaired) electrons. The van der Waals surface area contributed by atoms with Gasteiger partial charge in [-0.25, -0.2) is 0 Å². The Bertz CT molecular complexity index is 903.